The van der Waals surface area contributed by atoms with E-state index >= 15 is 0 Å². The summed E-state index contributed by atoms with van der Waals surface area (Å²) in [7, 11) is 0. The Hall–Kier alpha value is 0. The second kappa shape index (κ2) is 5.78. The third-order valence-electron chi connectivity index (χ3n) is 3.91. The Morgan fingerprint density at radius 3 is 0.786 bits per heavy atom. The van der Waals surface area contributed by atoms with Gasteiger partial charge in [-0.2, -0.15) is 0 Å². The first kappa shape index (κ1) is 12.1. The Morgan fingerprint density at radius 2 is 0.714 bits per heavy atom. The van der Waals surface area contributed by atoms with Crippen LogP contribution in [-0.4, -0.2) is 0 Å². The molecule has 0 unspecified atom stereocenters. The molecule has 0 amide bonds. The molecule has 2 rings (SSSR count). The van der Waals surface area contributed by atoms with Gasteiger partial charge in [0.25, 0.3) is 0 Å². The summed E-state index contributed by atoms with van der Waals surface area (Å²) in [5.74, 6) is 4.09. The van der Waals surface area contributed by atoms with Crippen LogP contribution >= 0.6 is 0 Å². The quantitative estimate of drug-likeness (QED) is 0.518. The Balaban J connectivity index is 0.000000140. The number of hydrogen-bond donors (Lipinski definition) is 0. The van der Waals surface area contributed by atoms with Gasteiger partial charge in [-0.25, -0.2) is 0 Å². The lowest BCUT2D eigenvalue weighted by molar-refractivity contribution is 0.555. The van der Waals surface area contributed by atoms with Crippen molar-refractivity contribution in [2.24, 2.45) is 23.7 Å². The van der Waals surface area contributed by atoms with Gasteiger partial charge in [-0.05, 0) is 36.5 Å². The Kier molecular flexibility index (Phi) is 4.98. The topological polar surface area (TPSA) is 0 Å². The van der Waals surface area contributed by atoms with E-state index in [1.807, 2.05) is 0 Å². The highest BCUT2D eigenvalue weighted by atomic mass is 14.2. The first-order valence-electron chi connectivity index (χ1n) is 6.58. The van der Waals surface area contributed by atoms with E-state index in [4.69, 9.17) is 0 Å². The van der Waals surface area contributed by atoms with Gasteiger partial charge < -0.3 is 0 Å². The van der Waals surface area contributed by atoms with Gasteiger partial charge in [0.05, 0.1) is 0 Å². The number of hydrogen-bond acceptors (Lipinski definition) is 0. The summed E-state index contributed by atoms with van der Waals surface area (Å²) in [4.78, 5) is 0. The molecule has 0 heterocycles. The van der Waals surface area contributed by atoms with E-state index in [-0.39, 0.29) is 0 Å². The molecule has 84 valence electrons. The fourth-order valence-electron chi connectivity index (χ4n) is 2.98. The van der Waals surface area contributed by atoms with Crippen LogP contribution in [0.2, 0.25) is 0 Å². The lowest BCUT2D eigenvalue weighted by Gasteiger charge is -1.96. The lowest BCUT2D eigenvalue weighted by Crippen LogP contribution is -1.84. The van der Waals surface area contributed by atoms with Gasteiger partial charge in [0.1, 0.15) is 0 Å². The molecule has 0 heteroatoms. The maximum atomic E-state index is 2.35. The van der Waals surface area contributed by atoms with E-state index in [0.29, 0.717) is 0 Å². The zero-order valence-corrected chi connectivity index (χ0v) is 10.6. The average molecular weight is 196 g/mol. The molecule has 0 saturated heterocycles. The zero-order chi connectivity index (χ0) is 10.6. The van der Waals surface area contributed by atoms with Crippen LogP contribution in [0, 0.1) is 23.7 Å². The van der Waals surface area contributed by atoms with Crippen molar-refractivity contribution in [3.05, 3.63) is 0 Å². The summed E-state index contributed by atoms with van der Waals surface area (Å²) in [6.07, 6.45) is 8.84. The van der Waals surface area contributed by atoms with E-state index in [9.17, 15) is 0 Å². The van der Waals surface area contributed by atoms with Crippen LogP contribution in [0.25, 0.3) is 0 Å². The Morgan fingerprint density at radius 1 is 0.500 bits per heavy atom. The molecule has 0 nitrogen and oxygen atoms in total. The molecule has 0 radical (unpaired) electrons. The minimum Gasteiger partial charge on any atom is -0.0625 e. The molecule has 0 aromatic carbocycles. The van der Waals surface area contributed by atoms with Crippen molar-refractivity contribution in [2.45, 2.75) is 66.2 Å². The summed E-state index contributed by atoms with van der Waals surface area (Å²) in [6.45, 7) is 9.40. The summed E-state index contributed by atoms with van der Waals surface area (Å²) in [5.41, 5.74) is 0. The van der Waals surface area contributed by atoms with Crippen molar-refractivity contribution >= 4 is 0 Å². The number of rotatable bonds is 0. The molecule has 0 bridgehead atoms. The van der Waals surface area contributed by atoms with Crippen LogP contribution in [0.3, 0.4) is 0 Å². The second-order valence-electron chi connectivity index (χ2n) is 6.05. The second-order valence-corrected chi connectivity index (χ2v) is 6.05. The molecular weight excluding hydrogens is 168 g/mol. The smallest absolute Gasteiger partial charge is 0.0440 e. The first-order valence-corrected chi connectivity index (χ1v) is 6.58. The van der Waals surface area contributed by atoms with Gasteiger partial charge >= 0.3 is 0 Å². The Labute approximate surface area is 90.5 Å². The van der Waals surface area contributed by atoms with Crippen LogP contribution in [0.5, 0.6) is 0 Å². The minimum absolute atomic E-state index is 1.02. The molecule has 0 aromatic heterocycles. The Bertz CT molecular complexity index is 116. The highest BCUT2D eigenvalue weighted by molar-refractivity contribution is 4.68. The summed E-state index contributed by atoms with van der Waals surface area (Å²) < 4.78 is 0. The van der Waals surface area contributed by atoms with Gasteiger partial charge in [-0.15, -0.1) is 0 Å². The summed E-state index contributed by atoms with van der Waals surface area (Å²) in [6, 6.07) is 0. The molecule has 0 N–H and O–H groups in total. The third-order valence-corrected chi connectivity index (χ3v) is 3.91. The fourth-order valence-corrected chi connectivity index (χ4v) is 2.98. The highest BCUT2D eigenvalue weighted by Crippen LogP contribution is 2.29. The fraction of sp³-hybridized carbons (Fsp3) is 1.00. The van der Waals surface area contributed by atoms with Crippen molar-refractivity contribution < 1.29 is 0 Å². The van der Waals surface area contributed by atoms with Gasteiger partial charge in [0.15, 0.2) is 0 Å². The predicted octanol–water partition coefficient (Wildman–Crippen LogP) is 4.89. The largest absolute Gasteiger partial charge is 0.0625 e. The van der Waals surface area contributed by atoms with Crippen LogP contribution in [0.4, 0.5) is 0 Å². The average Bonchev–Trinajstić information content (AvgIpc) is 2.63. The van der Waals surface area contributed by atoms with Crippen molar-refractivity contribution in [3.63, 3.8) is 0 Å². The predicted molar refractivity (Wildman–Crippen MR) is 64.4 cm³/mol. The van der Waals surface area contributed by atoms with Crippen LogP contribution in [-0.2, 0) is 0 Å². The third kappa shape index (κ3) is 4.48. The molecule has 2 saturated carbocycles. The van der Waals surface area contributed by atoms with Crippen molar-refractivity contribution in [1.82, 2.24) is 0 Å². The van der Waals surface area contributed by atoms with Crippen LogP contribution in [0.15, 0.2) is 0 Å². The molecule has 14 heavy (non-hydrogen) atoms. The van der Waals surface area contributed by atoms with E-state index in [2.05, 4.69) is 27.7 Å². The van der Waals surface area contributed by atoms with Crippen LogP contribution in [0.1, 0.15) is 66.2 Å². The van der Waals surface area contributed by atoms with E-state index in [0.717, 1.165) is 23.7 Å². The molecule has 4 atom stereocenters. The molecule has 0 aliphatic heterocycles. The highest BCUT2D eigenvalue weighted by Gasteiger charge is 2.16. The van der Waals surface area contributed by atoms with Crippen molar-refractivity contribution in [3.8, 4) is 0 Å². The lowest BCUT2D eigenvalue weighted by atomic mass is 10.1. The minimum atomic E-state index is 1.02. The van der Waals surface area contributed by atoms with E-state index in [1.54, 1.807) is 0 Å². The summed E-state index contributed by atoms with van der Waals surface area (Å²) in [5, 5.41) is 0. The van der Waals surface area contributed by atoms with Gasteiger partial charge in [-0.1, -0.05) is 53.4 Å². The van der Waals surface area contributed by atoms with Crippen LogP contribution < -0.4 is 0 Å². The SMILES string of the molecule is C[C@@H]1CC[C@H](C)C1.C[C@@H]1CC[C@H](C)C1. The molecule has 2 aliphatic carbocycles. The van der Waals surface area contributed by atoms with Gasteiger partial charge in [0, 0.05) is 0 Å². The molecule has 0 aromatic rings. The normalized spacial score (nSPS) is 42.0. The standard InChI is InChI=1S/2C7H14/c2*1-6-3-4-7(2)5-6/h2*6-7H,3-5H2,1-2H3/t2*6-,7+. The molecule has 2 fully saturated rings. The maximum Gasteiger partial charge on any atom is -0.0440 e. The van der Waals surface area contributed by atoms with E-state index < -0.39 is 0 Å². The summed E-state index contributed by atoms with van der Waals surface area (Å²) >= 11 is 0. The molecule has 2 aliphatic rings. The van der Waals surface area contributed by atoms with Gasteiger partial charge in [-0.3, -0.25) is 0 Å². The first-order chi connectivity index (χ1) is 6.58. The van der Waals surface area contributed by atoms with E-state index in [1.165, 1.54) is 38.5 Å². The molecule has 0 spiro atoms. The maximum absolute atomic E-state index is 2.35. The zero-order valence-electron chi connectivity index (χ0n) is 10.6. The van der Waals surface area contributed by atoms with Gasteiger partial charge in [0.2, 0.25) is 0 Å². The van der Waals surface area contributed by atoms with Crippen molar-refractivity contribution in [1.29, 1.82) is 0 Å². The molecular formula is C14H28. The monoisotopic (exact) mass is 196 g/mol. The van der Waals surface area contributed by atoms with Crippen molar-refractivity contribution in [2.75, 3.05) is 0 Å².